The average Bonchev–Trinajstić information content (AvgIpc) is 2.84. The van der Waals surface area contributed by atoms with E-state index in [0.717, 1.165) is 28.9 Å². The van der Waals surface area contributed by atoms with Crippen molar-refractivity contribution in [2.45, 2.75) is 33.0 Å². The molecule has 0 aliphatic carbocycles. The third-order valence-electron chi connectivity index (χ3n) is 7.07. The highest BCUT2D eigenvalue weighted by Crippen LogP contribution is 2.33. The largest absolute Gasteiger partial charge is 0.416 e. The summed E-state index contributed by atoms with van der Waals surface area (Å²) < 4.78 is 44.8. The molecule has 8 nitrogen and oxygen atoms in total. The third kappa shape index (κ3) is 5.04. The number of alkyl halides is 3. The van der Waals surface area contributed by atoms with Gasteiger partial charge in [0.2, 0.25) is 5.91 Å². The minimum absolute atomic E-state index is 0.0235. The summed E-state index contributed by atoms with van der Waals surface area (Å²) in [6.07, 6.45) is -4.41. The van der Waals surface area contributed by atoms with Gasteiger partial charge in [-0.25, -0.2) is 4.98 Å². The second kappa shape index (κ2) is 9.77. The molecule has 0 radical (unpaired) electrons. The summed E-state index contributed by atoms with van der Waals surface area (Å²) in [4.78, 5) is 21.5. The highest BCUT2D eigenvalue weighted by molar-refractivity contribution is 5.93. The van der Waals surface area contributed by atoms with Gasteiger partial charge in [0.15, 0.2) is 5.82 Å². The molecule has 0 saturated carbocycles. The number of aryl methyl sites for hydroxylation is 2. The van der Waals surface area contributed by atoms with Gasteiger partial charge in [0.05, 0.1) is 53.3 Å². The van der Waals surface area contributed by atoms with Crippen molar-refractivity contribution in [1.82, 2.24) is 20.1 Å². The van der Waals surface area contributed by atoms with E-state index in [-0.39, 0.29) is 11.8 Å². The lowest BCUT2D eigenvalue weighted by atomic mass is 10.0. The Labute approximate surface area is 212 Å². The smallest absolute Gasteiger partial charge is 0.380 e. The van der Waals surface area contributed by atoms with Crippen molar-refractivity contribution in [2.24, 2.45) is 5.92 Å². The van der Waals surface area contributed by atoms with Crippen molar-refractivity contribution in [2.75, 3.05) is 49.6 Å². The van der Waals surface area contributed by atoms with E-state index in [1.165, 1.54) is 6.07 Å². The Kier molecular flexibility index (Phi) is 6.65. The van der Waals surface area contributed by atoms with E-state index < -0.39 is 17.8 Å². The van der Waals surface area contributed by atoms with Crippen LogP contribution in [0.1, 0.15) is 35.5 Å². The van der Waals surface area contributed by atoms with Crippen LogP contribution < -0.4 is 10.2 Å². The fourth-order valence-corrected chi connectivity index (χ4v) is 4.78. The number of ether oxygens (including phenoxy) is 1. The number of benzene rings is 1. The van der Waals surface area contributed by atoms with Crippen LogP contribution in [0.5, 0.6) is 0 Å². The first-order chi connectivity index (χ1) is 17.6. The Morgan fingerprint density at radius 3 is 2.46 bits per heavy atom. The van der Waals surface area contributed by atoms with Crippen molar-refractivity contribution < 1.29 is 22.7 Å². The van der Waals surface area contributed by atoms with Gasteiger partial charge in [-0.2, -0.15) is 18.3 Å². The van der Waals surface area contributed by atoms with Crippen LogP contribution in [0.25, 0.3) is 10.9 Å². The first-order valence-electron chi connectivity index (χ1n) is 12.3. The number of nitrogens with zero attached hydrogens (tertiary/aromatic N) is 5. The summed E-state index contributed by atoms with van der Waals surface area (Å²) in [7, 11) is 0. The Morgan fingerprint density at radius 2 is 1.81 bits per heavy atom. The minimum atomic E-state index is -4.41. The number of aromatic nitrogens is 3. The van der Waals surface area contributed by atoms with E-state index >= 15 is 0 Å². The lowest BCUT2D eigenvalue weighted by Crippen LogP contribution is -2.53. The van der Waals surface area contributed by atoms with Gasteiger partial charge >= 0.3 is 6.18 Å². The predicted octanol–water partition coefficient (Wildman–Crippen LogP) is 4.13. The Balaban J connectivity index is 1.40. The van der Waals surface area contributed by atoms with Crippen LogP contribution in [-0.2, 0) is 15.7 Å². The van der Waals surface area contributed by atoms with Crippen LogP contribution in [-0.4, -0.2) is 65.4 Å². The number of carbonyl (C=O) groups is 1. The maximum Gasteiger partial charge on any atom is 0.416 e. The number of halogens is 3. The van der Waals surface area contributed by atoms with E-state index in [9.17, 15) is 18.0 Å². The summed E-state index contributed by atoms with van der Waals surface area (Å²) >= 11 is 0. The molecule has 4 heterocycles. The van der Waals surface area contributed by atoms with Gasteiger partial charge in [0, 0.05) is 31.6 Å². The van der Waals surface area contributed by atoms with Gasteiger partial charge in [-0.05, 0) is 44.5 Å². The SMILES string of the molecule is Cc1nc2c(C)nnc(N[C@H](C)c3cccc(C(F)(F)F)c3)c2cc1N1CCN(C(=O)C2COC2)CC1. The van der Waals surface area contributed by atoms with Gasteiger partial charge < -0.3 is 19.9 Å². The molecule has 0 bridgehead atoms. The maximum absolute atomic E-state index is 13.2. The van der Waals surface area contributed by atoms with E-state index in [1.54, 1.807) is 13.0 Å². The van der Waals surface area contributed by atoms with Gasteiger partial charge in [0.1, 0.15) is 0 Å². The second-order valence-electron chi connectivity index (χ2n) is 9.66. The third-order valence-corrected chi connectivity index (χ3v) is 7.07. The molecule has 3 aromatic rings. The normalized spacial score (nSPS) is 17.6. The van der Waals surface area contributed by atoms with Crippen LogP contribution in [0, 0.1) is 19.8 Å². The fourth-order valence-electron chi connectivity index (χ4n) is 4.78. The molecule has 11 heteroatoms. The topological polar surface area (TPSA) is 83.5 Å². The molecule has 196 valence electrons. The fraction of sp³-hybridized carbons (Fsp3) is 0.462. The lowest BCUT2D eigenvalue weighted by Gasteiger charge is -2.39. The average molecular weight is 515 g/mol. The molecule has 2 saturated heterocycles. The van der Waals surface area contributed by atoms with Gasteiger partial charge in [-0.1, -0.05) is 12.1 Å². The molecule has 2 aliphatic rings. The highest BCUT2D eigenvalue weighted by Gasteiger charge is 2.33. The first-order valence-corrected chi connectivity index (χ1v) is 12.3. The molecule has 1 amide bonds. The number of anilines is 2. The zero-order valence-corrected chi connectivity index (χ0v) is 21.0. The van der Waals surface area contributed by atoms with Gasteiger partial charge in [-0.15, -0.1) is 5.10 Å². The standard InChI is InChI=1S/C26H29F3N6O2/c1-15(18-5-4-6-20(11-18)26(27,28)29)31-24-21-12-22(16(2)30-23(21)17(3)32-33-24)34-7-9-35(10-8-34)25(36)19-13-37-14-19/h4-6,11-12,15,19H,7-10,13-14H2,1-3H3,(H,31,33)/t15-/m1/s1. The summed E-state index contributed by atoms with van der Waals surface area (Å²) in [5, 5.41) is 12.5. The number of fused-ring (bicyclic) bond motifs is 1. The number of pyridine rings is 1. The van der Waals surface area contributed by atoms with E-state index in [1.807, 2.05) is 24.8 Å². The first kappa shape index (κ1) is 25.2. The van der Waals surface area contributed by atoms with Crippen molar-refractivity contribution in [1.29, 1.82) is 0 Å². The molecule has 1 aromatic carbocycles. The quantitative estimate of drug-likeness (QED) is 0.548. The second-order valence-corrected chi connectivity index (χ2v) is 9.66. The molecule has 0 unspecified atom stereocenters. The van der Waals surface area contributed by atoms with Gasteiger partial charge in [0.25, 0.3) is 0 Å². The van der Waals surface area contributed by atoms with Crippen LogP contribution in [0.3, 0.4) is 0 Å². The molecule has 2 fully saturated rings. The number of carbonyl (C=O) groups excluding carboxylic acids is 1. The Morgan fingerprint density at radius 1 is 1.08 bits per heavy atom. The summed E-state index contributed by atoms with van der Waals surface area (Å²) in [6.45, 7) is 9.16. The molecule has 37 heavy (non-hydrogen) atoms. The molecule has 1 N–H and O–H groups in total. The zero-order chi connectivity index (χ0) is 26.3. The van der Waals surface area contributed by atoms with Crippen molar-refractivity contribution >= 4 is 28.3 Å². The Hall–Kier alpha value is -3.47. The summed E-state index contributed by atoms with van der Waals surface area (Å²) in [5.41, 5.74) is 2.93. The predicted molar refractivity (Wildman–Crippen MR) is 133 cm³/mol. The number of rotatable bonds is 5. The van der Waals surface area contributed by atoms with Crippen LogP contribution in [0.15, 0.2) is 30.3 Å². The number of hydrogen-bond acceptors (Lipinski definition) is 7. The van der Waals surface area contributed by atoms with Crippen molar-refractivity contribution in [3.8, 4) is 0 Å². The molecule has 5 rings (SSSR count). The number of hydrogen-bond donors (Lipinski definition) is 1. The van der Waals surface area contributed by atoms with E-state index in [0.29, 0.717) is 62.0 Å². The number of nitrogens with one attached hydrogen (secondary N) is 1. The summed E-state index contributed by atoms with van der Waals surface area (Å²) in [6, 6.07) is 6.83. The highest BCUT2D eigenvalue weighted by atomic mass is 19.4. The maximum atomic E-state index is 13.2. The zero-order valence-electron chi connectivity index (χ0n) is 21.0. The monoisotopic (exact) mass is 514 g/mol. The minimum Gasteiger partial charge on any atom is -0.380 e. The number of piperazine rings is 1. The molecule has 0 spiro atoms. The van der Waals surface area contributed by atoms with Crippen LogP contribution in [0.4, 0.5) is 24.7 Å². The van der Waals surface area contributed by atoms with E-state index in [2.05, 4.69) is 20.4 Å². The molecular formula is C26H29F3N6O2. The van der Waals surface area contributed by atoms with Crippen LogP contribution >= 0.6 is 0 Å². The molecule has 2 aromatic heterocycles. The number of amides is 1. The molecule has 1 atom stereocenters. The van der Waals surface area contributed by atoms with Crippen molar-refractivity contribution in [3.05, 3.63) is 52.8 Å². The lowest BCUT2D eigenvalue weighted by molar-refractivity contribution is -0.150. The van der Waals surface area contributed by atoms with E-state index in [4.69, 9.17) is 9.72 Å². The van der Waals surface area contributed by atoms with Crippen molar-refractivity contribution in [3.63, 3.8) is 0 Å². The van der Waals surface area contributed by atoms with Gasteiger partial charge in [-0.3, -0.25) is 4.79 Å². The van der Waals surface area contributed by atoms with Crippen LogP contribution in [0.2, 0.25) is 0 Å². The molecular weight excluding hydrogens is 485 g/mol. The molecule has 2 aliphatic heterocycles. The Bertz CT molecular complexity index is 1320. The summed E-state index contributed by atoms with van der Waals surface area (Å²) in [5.74, 6) is 0.586.